The van der Waals surface area contributed by atoms with Crippen LogP contribution in [0.25, 0.3) is 11.0 Å². The van der Waals surface area contributed by atoms with Crippen LogP contribution >= 0.6 is 24.8 Å². The van der Waals surface area contributed by atoms with Gasteiger partial charge in [0, 0.05) is 7.05 Å². The van der Waals surface area contributed by atoms with Crippen molar-refractivity contribution >= 4 is 35.8 Å². The van der Waals surface area contributed by atoms with E-state index in [9.17, 15) is 0 Å². The highest BCUT2D eigenvalue weighted by molar-refractivity contribution is 5.85. The molecule has 0 radical (unpaired) electrons. The van der Waals surface area contributed by atoms with Gasteiger partial charge < -0.3 is 9.88 Å². The number of hydrogen-bond donors (Lipinski definition) is 1. The molecule has 1 aliphatic rings. The summed E-state index contributed by atoms with van der Waals surface area (Å²) in [4.78, 5) is 4.53. The fourth-order valence-electron chi connectivity index (χ4n) is 2.78. The molecule has 1 aliphatic heterocycles. The molecule has 5 heteroatoms. The zero-order valence-electron chi connectivity index (χ0n) is 11.1. The first-order valence-electron chi connectivity index (χ1n) is 6.44. The number of rotatable bonds is 2. The Morgan fingerprint density at radius 2 is 2.00 bits per heavy atom. The Labute approximate surface area is 126 Å². The first-order valence-corrected chi connectivity index (χ1v) is 6.44. The second-order valence-electron chi connectivity index (χ2n) is 5.04. The van der Waals surface area contributed by atoms with E-state index in [-0.39, 0.29) is 24.8 Å². The highest BCUT2D eigenvalue weighted by Gasteiger charge is 2.15. The fraction of sp³-hybridized carbons (Fsp3) is 0.500. The second kappa shape index (κ2) is 7.13. The average Bonchev–Trinajstić information content (AvgIpc) is 2.74. The van der Waals surface area contributed by atoms with E-state index in [1.807, 2.05) is 6.33 Å². The largest absolute Gasteiger partial charge is 0.334 e. The molecule has 0 aliphatic carbocycles. The lowest BCUT2D eigenvalue weighted by Gasteiger charge is -2.22. The van der Waals surface area contributed by atoms with Gasteiger partial charge in [-0.1, -0.05) is 12.1 Å². The van der Waals surface area contributed by atoms with Gasteiger partial charge in [-0.2, -0.15) is 0 Å². The first-order chi connectivity index (χ1) is 8.34. The van der Waals surface area contributed by atoms with Crippen LogP contribution in [-0.2, 0) is 13.5 Å². The molecule has 2 heterocycles. The molecule has 1 fully saturated rings. The van der Waals surface area contributed by atoms with Crippen LogP contribution in [0.3, 0.4) is 0 Å². The van der Waals surface area contributed by atoms with Gasteiger partial charge in [-0.3, -0.25) is 0 Å². The number of aryl methyl sites for hydroxylation is 1. The minimum absolute atomic E-state index is 0. The normalized spacial score (nSPS) is 15.8. The Bertz CT molecular complexity index is 518. The van der Waals surface area contributed by atoms with E-state index in [0.29, 0.717) is 0 Å². The smallest absolute Gasteiger partial charge is 0.0955 e. The molecule has 0 bridgehead atoms. The number of nitrogens with one attached hydrogen (secondary N) is 1. The Morgan fingerprint density at radius 1 is 1.26 bits per heavy atom. The Morgan fingerprint density at radius 3 is 2.74 bits per heavy atom. The Kier molecular flexibility index (Phi) is 6.11. The number of hydrogen-bond acceptors (Lipinski definition) is 2. The molecule has 3 nitrogen and oxygen atoms in total. The van der Waals surface area contributed by atoms with Gasteiger partial charge in [0.25, 0.3) is 0 Å². The lowest BCUT2D eigenvalue weighted by Crippen LogP contribution is -2.28. The summed E-state index contributed by atoms with van der Waals surface area (Å²) >= 11 is 0. The standard InChI is InChI=1S/C14H19N3.2ClH/c1-17-10-16-14-12(3-2-4-13(14)17)9-11-5-7-15-8-6-11;;/h2-4,10-11,15H,5-9H2,1H3;2*1H. The van der Waals surface area contributed by atoms with Crippen LogP contribution in [0, 0.1) is 5.92 Å². The van der Waals surface area contributed by atoms with Crippen molar-refractivity contribution in [3.8, 4) is 0 Å². The molecule has 3 rings (SSSR count). The number of aromatic nitrogens is 2. The van der Waals surface area contributed by atoms with Gasteiger partial charge in [0.05, 0.1) is 17.4 Å². The Balaban J connectivity index is 0.000000902. The van der Waals surface area contributed by atoms with Gasteiger partial charge in [0.15, 0.2) is 0 Å². The molecule has 19 heavy (non-hydrogen) atoms. The lowest BCUT2D eigenvalue weighted by molar-refractivity contribution is 0.373. The predicted octanol–water partition coefficient (Wildman–Crippen LogP) is 2.96. The number of nitrogens with zero attached hydrogens (tertiary/aromatic N) is 2. The molecule has 0 amide bonds. The van der Waals surface area contributed by atoms with E-state index in [4.69, 9.17) is 0 Å². The maximum absolute atomic E-state index is 4.53. The SMILES string of the molecule is Cl.Cl.Cn1cnc2c(CC3CCNCC3)cccc21. The minimum atomic E-state index is 0. The van der Waals surface area contributed by atoms with Gasteiger partial charge in [-0.05, 0) is 49.9 Å². The zero-order chi connectivity index (χ0) is 11.7. The molecule has 106 valence electrons. The van der Waals surface area contributed by atoms with E-state index in [1.165, 1.54) is 48.9 Å². The summed E-state index contributed by atoms with van der Waals surface area (Å²) < 4.78 is 2.10. The number of benzene rings is 1. The van der Waals surface area contributed by atoms with Crippen molar-refractivity contribution in [1.29, 1.82) is 0 Å². The Hall–Kier alpha value is -0.770. The van der Waals surface area contributed by atoms with Gasteiger partial charge in [-0.15, -0.1) is 24.8 Å². The lowest BCUT2D eigenvalue weighted by atomic mass is 9.90. The molecular weight excluding hydrogens is 281 g/mol. The zero-order valence-corrected chi connectivity index (χ0v) is 12.8. The summed E-state index contributed by atoms with van der Waals surface area (Å²) in [5, 5.41) is 3.42. The van der Waals surface area contributed by atoms with Crippen LogP contribution in [0.1, 0.15) is 18.4 Å². The van der Waals surface area contributed by atoms with Gasteiger partial charge >= 0.3 is 0 Å². The molecule has 2 aromatic rings. The molecule has 0 unspecified atom stereocenters. The summed E-state index contributed by atoms with van der Waals surface area (Å²) in [7, 11) is 2.06. The fourth-order valence-corrected chi connectivity index (χ4v) is 2.78. The van der Waals surface area contributed by atoms with Crippen molar-refractivity contribution in [1.82, 2.24) is 14.9 Å². The van der Waals surface area contributed by atoms with Crippen molar-refractivity contribution in [2.45, 2.75) is 19.3 Å². The van der Waals surface area contributed by atoms with Crippen molar-refractivity contribution in [2.24, 2.45) is 13.0 Å². The van der Waals surface area contributed by atoms with Crippen LogP contribution in [0.2, 0.25) is 0 Å². The summed E-state index contributed by atoms with van der Waals surface area (Å²) in [5.41, 5.74) is 3.85. The van der Waals surface area contributed by atoms with Crippen LogP contribution in [0.15, 0.2) is 24.5 Å². The van der Waals surface area contributed by atoms with Crippen molar-refractivity contribution in [2.75, 3.05) is 13.1 Å². The maximum Gasteiger partial charge on any atom is 0.0955 e. The van der Waals surface area contributed by atoms with E-state index in [1.54, 1.807) is 0 Å². The summed E-state index contributed by atoms with van der Waals surface area (Å²) in [6, 6.07) is 6.53. The van der Waals surface area contributed by atoms with Crippen LogP contribution in [0.5, 0.6) is 0 Å². The quantitative estimate of drug-likeness (QED) is 0.924. The molecule has 1 N–H and O–H groups in total. The van der Waals surface area contributed by atoms with Crippen LogP contribution in [0.4, 0.5) is 0 Å². The molecule has 1 aromatic heterocycles. The topological polar surface area (TPSA) is 29.9 Å². The number of piperidine rings is 1. The highest BCUT2D eigenvalue weighted by Crippen LogP contribution is 2.23. The molecular formula is C14H21Cl2N3. The molecule has 1 aromatic carbocycles. The molecule has 0 atom stereocenters. The average molecular weight is 302 g/mol. The summed E-state index contributed by atoms with van der Waals surface area (Å²) in [6.45, 7) is 2.34. The number of imidazole rings is 1. The minimum Gasteiger partial charge on any atom is -0.334 e. The van der Waals surface area contributed by atoms with Gasteiger partial charge in [0.1, 0.15) is 0 Å². The van der Waals surface area contributed by atoms with E-state index >= 15 is 0 Å². The van der Waals surface area contributed by atoms with Crippen LogP contribution in [-0.4, -0.2) is 22.6 Å². The second-order valence-corrected chi connectivity index (χ2v) is 5.04. The summed E-state index contributed by atoms with van der Waals surface area (Å²) in [5.74, 6) is 0.823. The molecule has 1 saturated heterocycles. The number of para-hydroxylation sites is 1. The van der Waals surface area contributed by atoms with Crippen LogP contribution < -0.4 is 5.32 Å². The van der Waals surface area contributed by atoms with Gasteiger partial charge in [0.2, 0.25) is 0 Å². The van der Waals surface area contributed by atoms with Crippen molar-refractivity contribution in [3.63, 3.8) is 0 Å². The monoisotopic (exact) mass is 301 g/mol. The van der Waals surface area contributed by atoms with Crippen molar-refractivity contribution < 1.29 is 0 Å². The highest BCUT2D eigenvalue weighted by atomic mass is 35.5. The molecule has 0 spiro atoms. The van der Waals surface area contributed by atoms with E-state index < -0.39 is 0 Å². The third kappa shape index (κ3) is 3.41. The van der Waals surface area contributed by atoms with E-state index in [2.05, 4.69) is 40.1 Å². The predicted molar refractivity (Wildman–Crippen MR) is 84.5 cm³/mol. The van der Waals surface area contributed by atoms with E-state index in [0.717, 1.165) is 5.92 Å². The third-order valence-electron chi connectivity index (χ3n) is 3.81. The molecule has 0 saturated carbocycles. The number of fused-ring (bicyclic) bond motifs is 1. The first kappa shape index (κ1) is 16.3. The maximum atomic E-state index is 4.53. The van der Waals surface area contributed by atoms with Gasteiger partial charge in [-0.25, -0.2) is 4.98 Å². The third-order valence-corrected chi connectivity index (χ3v) is 3.81. The summed E-state index contributed by atoms with van der Waals surface area (Å²) in [6.07, 6.45) is 5.68. The number of halogens is 2. The van der Waals surface area contributed by atoms with Crippen molar-refractivity contribution in [3.05, 3.63) is 30.1 Å².